The molecule has 1 aromatic rings. The van der Waals surface area contributed by atoms with Crippen LogP contribution in [-0.2, 0) is 21.2 Å². The zero-order chi connectivity index (χ0) is 16.2. The summed E-state index contributed by atoms with van der Waals surface area (Å²) in [6.45, 7) is 1.13. The molecule has 1 aliphatic heterocycles. The van der Waals surface area contributed by atoms with Gasteiger partial charge in [-0.2, -0.15) is 0 Å². The molecular weight excluding hydrogens is 304 g/mol. The van der Waals surface area contributed by atoms with Crippen LogP contribution >= 0.6 is 0 Å². The minimum atomic E-state index is -3.50. The van der Waals surface area contributed by atoms with Crippen molar-refractivity contribution in [3.05, 3.63) is 29.8 Å². The Labute approximate surface area is 131 Å². The van der Waals surface area contributed by atoms with Crippen molar-refractivity contribution in [2.75, 3.05) is 26.0 Å². The second-order valence-corrected chi connectivity index (χ2v) is 7.36. The zero-order valence-electron chi connectivity index (χ0n) is 12.7. The molecule has 0 saturated carbocycles. The minimum Gasteiger partial charge on any atom is -0.497 e. The molecule has 0 bridgehead atoms. The summed E-state index contributed by atoms with van der Waals surface area (Å²) in [5, 5.41) is 5.10. The van der Waals surface area contributed by atoms with Gasteiger partial charge >= 0.3 is 0 Å². The highest BCUT2D eigenvalue weighted by Gasteiger charge is 2.26. The molecule has 1 atom stereocenters. The summed E-state index contributed by atoms with van der Waals surface area (Å²) in [4.78, 5) is 14.1. The number of hydrogen-bond donors (Lipinski definition) is 1. The van der Waals surface area contributed by atoms with Crippen LogP contribution in [0.3, 0.4) is 0 Å². The number of sulfonamides is 1. The van der Waals surface area contributed by atoms with Crippen LogP contribution in [0, 0.1) is 5.92 Å². The van der Waals surface area contributed by atoms with E-state index in [1.54, 1.807) is 12.0 Å². The van der Waals surface area contributed by atoms with E-state index in [1.807, 2.05) is 24.3 Å². The van der Waals surface area contributed by atoms with Crippen molar-refractivity contribution < 1.29 is 17.9 Å². The summed E-state index contributed by atoms with van der Waals surface area (Å²) >= 11 is 0. The largest absolute Gasteiger partial charge is 0.497 e. The monoisotopic (exact) mass is 326 g/mol. The Morgan fingerprint density at radius 3 is 2.91 bits per heavy atom. The Balaban J connectivity index is 1.96. The maximum Gasteiger partial charge on any atom is 0.227 e. The van der Waals surface area contributed by atoms with Gasteiger partial charge in [-0.15, -0.1) is 0 Å². The summed E-state index contributed by atoms with van der Waals surface area (Å²) in [6.07, 6.45) is 1.89. The fraction of sp³-hybridized carbons (Fsp3) is 0.533. The molecule has 1 aromatic carbocycles. The molecular formula is C15H22N2O4S. The number of primary sulfonamides is 1. The van der Waals surface area contributed by atoms with Crippen LogP contribution < -0.4 is 9.88 Å². The fourth-order valence-corrected chi connectivity index (χ4v) is 3.75. The van der Waals surface area contributed by atoms with Crippen molar-refractivity contribution >= 4 is 15.9 Å². The smallest absolute Gasteiger partial charge is 0.227 e. The van der Waals surface area contributed by atoms with Gasteiger partial charge in [0.1, 0.15) is 5.75 Å². The first-order valence-electron chi connectivity index (χ1n) is 7.28. The van der Waals surface area contributed by atoms with Gasteiger partial charge in [-0.3, -0.25) is 4.79 Å². The minimum absolute atomic E-state index is 0.00683. The maximum atomic E-state index is 12.4. The average molecular weight is 326 g/mol. The highest BCUT2D eigenvalue weighted by Crippen LogP contribution is 2.19. The number of carbonyl (C=O) groups excluding carboxylic acids is 1. The van der Waals surface area contributed by atoms with E-state index in [2.05, 4.69) is 0 Å². The number of hydrogen-bond acceptors (Lipinski definition) is 4. The van der Waals surface area contributed by atoms with E-state index in [0.717, 1.165) is 24.2 Å². The van der Waals surface area contributed by atoms with Crippen LogP contribution in [-0.4, -0.2) is 45.2 Å². The van der Waals surface area contributed by atoms with Gasteiger partial charge in [0.2, 0.25) is 15.9 Å². The lowest BCUT2D eigenvalue weighted by atomic mass is 9.99. The van der Waals surface area contributed by atoms with Gasteiger partial charge in [0.25, 0.3) is 0 Å². The quantitative estimate of drug-likeness (QED) is 0.865. The number of benzene rings is 1. The molecule has 0 aromatic heterocycles. The molecule has 1 amide bonds. The Hall–Kier alpha value is -1.60. The number of piperidine rings is 1. The normalized spacial score (nSPS) is 19.0. The molecule has 2 rings (SSSR count). The average Bonchev–Trinajstić information content (AvgIpc) is 2.46. The molecule has 1 saturated heterocycles. The molecule has 7 heteroatoms. The number of likely N-dealkylation sites (tertiary alicyclic amines) is 1. The second kappa shape index (κ2) is 7.11. The van der Waals surface area contributed by atoms with Gasteiger partial charge in [-0.1, -0.05) is 12.1 Å². The molecule has 0 unspecified atom stereocenters. The molecule has 0 radical (unpaired) electrons. The number of nitrogens with zero attached hydrogens (tertiary/aromatic N) is 1. The highest BCUT2D eigenvalue weighted by atomic mass is 32.2. The van der Waals surface area contributed by atoms with Crippen molar-refractivity contribution in [2.24, 2.45) is 11.1 Å². The Morgan fingerprint density at radius 2 is 2.23 bits per heavy atom. The zero-order valence-corrected chi connectivity index (χ0v) is 13.5. The number of methoxy groups -OCH3 is 1. The van der Waals surface area contributed by atoms with Gasteiger partial charge < -0.3 is 9.64 Å². The third kappa shape index (κ3) is 4.99. The topological polar surface area (TPSA) is 89.7 Å². The van der Waals surface area contributed by atoms with Crippen LogP contribution in [0.2, 0.25) is 0 Å². The molecule has 0 spiro atoms. The lowest BCUT2D eigenvalue weighted by Gasteiger charge is -2.32. The van der Waals surface area contributed by atoms with E-state index < -0.39 is 10.0 Å². The molecule has 0 aliphatic carbocycles. The van der Waals surface area contributed by atoms with Crippen molar-refractivity contribution in [3.8, 4) is 5.75 Å². The van der Waals surface area contributed by atoms with Crippen molar-refractivity contribution in [3.63, 3.8) is 0 Å². The second-order valence-electron chi connectivity index (χ2n) is 5.71. The van der Waals surface area contributed by atoms with Crippen molar-refractivity contribution in [1.82, 2.24) is 4.90 Å². The third-order valence-electron chi connectivity index (χ3n) is 3.83. The summed E-state index contributed by atoms with van der Waals surface area (Å²) < 4.78 is 27.5. The number of nitrogens with two attached hydrogens (primary N) is 1. The predicted molar refractivity (Wildman–Crippen MR) is 84.0 cm³/mol. The molecule has 2 N–H and O–H groups in total. The van der Waals surface area contributed by atoms with Gasteiger partial charge in [0, 0.05) is 13.1 Å². The van der Waals surface area contributed by atoms with Crippen molar-refractivity contribution in [1.29, 1.82) is 0 Å². The molecule has 1 heterocycles. The first-order chi connectivity index (χ1) is 10.4. The van der Waals surface area contributed by atoms with Gasteiger partial charge in [0.15, 0.2) is 0 Å². The summed E-state index contributed by atoms with van der Waals surface area (Å²) in [5.74, 6) is 0.595. The van der Waals surface area contributed by atoms with Crippen LogP contribution in [0.1, 0.15) is 18.4 Å². The Bertz CT molecular complexity index is 630. The van der Waals surface area contributed by atoms with Gasteiger partial charge in [-0.25, -0.2) is 13.6 Å². The van der Waals surface area contributed by atoms with Crippen LogP contribution in [0.5, 0.6) is 5.75 Å². The molecule has 122 valence electrons. The third-order valence-corrected chi connectivity index (χ3v) is 4.77. The van der Waals surface area contributed by atoms with E-state index in [-0.39, 0.29) is 17.6 Å². The van der Waals surface area contributed by atoms with Crippen LogP contribution in [0.15, 0.2) is 24.3 Å². The number of amides is 1. The predicted octanol–water partition coefficient (Wildman–Crippen LogP) is 0.765. The van der Waals surface area contributed by atoms with Crippen molar-refractivity contribution in [2.45, 2.75) is 19.3 Å². The number of ether oxygens (including phenoxy) is 1. The van der Waals surface area contributed by atoms with Gasteiger partial charge in [-0.05, 0) is 36.5 Å². The summed E-state index contributed by atoms with van der Waals surface area (Å²) in [6, 6.07) is 7.40. The van der Waals surface area contributed by atoms with Crippen LogP contribution in [0.4, 0.5) is 0 Å². The first kappa shape index (κ1) is 16.8. The van der Waals surface area contributed by atoms with Crippen LogP contribution in [0.25, 0.3) is 0 Å². The van der Waals surface area contributed by atoms with E-state index in [4.69, 9.17) is 9.88 Å². The first-order valence-corrected chi connectivity index (χ1v) is 9.00. The maximum absolute atomic E-state index is 12.4. The Morgan fingerprint density at radius 1 is 1.45 bits per heavy atom. The molecule has 6 nitrogen and oxygen atoms in total. The Kier molecular flexibility index (Phi) is 5.42. The lowest BCUT2D eigenvalue weighted by Crippen LogP contribution is -2.43. The molecule has 1 aliphatic rings. The van der Waals surface area contributed by atoms with E-state index in [1.165, 1.54) is 0 Å². The highest BCUT2D eigenvalue weighted by molar-refractivity contribution is 7.89. The van der Waals surface area contributed by atoms with E-state index in [0.29, 0.717) is 19.5 Å². The number of carbonyl (C=O) groups is 1. The lowest BCUT2D eigenvalue weighted by molar-refractivity contribution is -0.132. The molecule has 22 heavy (non-hydrogen) atoms. The SMILES string of the molecule is COc1cccc(CC(=O)N2CCC[C@H](CS(N)(=O)=O)C2)c1. The van der Waals surface area contributed by atoms with Gasteiger partial charge in [0.05, 0.1) is 19.3 Å². The summed E-state index contributed by atoms with van der Waals surface area (Å²) in [5.41, 5.74) is 0.887. The van der Waals surface area contributed by atoms with E-state index in [9.17, 15) is 13.2 Å². The van der Waals surface area contributed by atoms with E-state index >= 15 is 0 Å². The standard InChI is InChI=1S/C15H22N2O4S/c1-21-14-6-2-4-12(8-14)9-15(18)17-7-3-5-13(10-17)11-22(16,19)20/h2,4,6,8,13H,3,5,7,9-11H2,1H3,(H2,16,19,20)/t13-/m0/s1. The number of rotatable bonds is 5. The molecule has 1 fully saturated rings. The summed E-state index contributed by atoms with van der Waals surface area (Å²) in [7, 11) is -1.91. The fourth-order valence-electron chi connectivity index (χ4n) is 2.83.